The number of rotatable bonds is 4. The number of ether oxygens (including phenoxy) is 1. The SMILES string of the molecule is O=C(OC1=NC=C[NH2+]1)C1CSc2c(C3CC3)c(-c3cc(-c4cccc(C(F)(F)F)c4)no3)cc(=O)n21. The molecule has 0 amide bonds. The topological polar surface area (TPSA) is 103 Å². The van der Waals surface area contributed by atoms with Crippen molar-refractivity contribution >= 4 is 23.8 Å². The third kappa shape index (κ3) is 4.05. The molecule has 2 aliphatic heterocycles. The second-order valence-corrected chi connectivity index (χ2v) is 9.65. The van der Waals surface area contributed by atoms with Gasteiger partial charge in [-0.05, 0) is 36.5 Å². The second kappa shape index (κ2) is 8.49. The van der Waals surface area contributed by atoms with Crippen molar-refractivity contribution in [1.82, 2.24) is 9.72 Å². The Balaban J connectivity index is 1.37. The van der Waals surface area contributed by atoms with E-state index in [1.807, 2.05) is 0 Å². The molecule has 1 atom stereocenters. The van der Waals surface area contributed by atoms with Gasteiger partial charge in [-0.1, -0.05) is 17.3 Å². The number of fused-ring (bicyclic) bond motifs is 1. The number of carbonyl (C=O) groups excluding carboxylic acids is 1. The van der Waals surface area contributed by atoms with Gasteiger partial charge in [0.1, 0.15) is 17.9 Å². The average Bonchev–Trinajstić information content (AvgIpc) is 3.23. The van der Waals surface area contributed by atoms with Crippen molar-refractivity contribution in [3.8, 4) is 22.6 Å². The standard InChI is InChI=1S/C24H17F3N4O4S/c25-24(26,27)14-3-1-2-13(8-14)16-10-18(35-30-16)15-9-19(32)31-17(22(33)34-23-28-6-7-29-23)11-36-21(31)20(15)12-4-5-12/h1-3,6-10,12,17H,4-5,11H2,(H,28,29)/p+1. The van der Waals surface area contributed by atoms with Crippen LogP contribution in [0.3, 0.4) is 0 Å². The van der Waals surface area contributed by atoms with Gasteiger partial charge in [0.15, 0.2) is 5.76 Å². The summed E-state index contributed by atoms with van der Waals surface area (Å²) in [6.07, 6.45) is 0.507. The summed E-state index contributed by atoms with van der Waals surface area (Å²) in [6, 6.07) is 7.15. The molecular weight excluding hydrogens is 497 g/mol. The van der Waals surface area contributed by atoms with Gasteiger partial charge in [-0.25, -0.2) is 10.1 Å². The van der Waals surface area contributed by atoms with Crippen molar-refractivity contribution in [2.24, 2.45) is 4.99 Å². The predicted molar refractivity (Wildman–Crippen MR) is 123 cm³/mol. The summed E-state index contributed by atoms with van der Waals surface area (Å²) in [4.78, 5) is 29.9. The van der Waals surface area contributed by atoms with Crippen LogP contribution in [0.25, 0.3) is 22.6 Å². The molecule has 1 saturated carbocycles. The monoisotopic (exact) mass is 515 g/mol. The number of quaternary nitrogens is 1. The lowest BCUT2D eigenvalue weighted by atomic mass is 10.0. The lowest BCUT2D eigenvalue weighted by Gasteiger charge is -2.15. The van der Waals surface area contributed by atoms with Crippen LogP contribution < -0.4 is 10.9 Å². The van der Waals surface area contributed by atoms with Gasteiger partial charge in [0, 0.05) is 29.0 Å². The lowest BCUT2D eigenvalue weighted by molar-refractivity contribution is -0.475. The summed E-state index contributed by atoms with van der Waals surface area (Å²) in [5.41, 5.74) is 0.722. The van der Waals surface area contributed by atoms with E-state index in [4.69, 9.17) is 9.26 Å². The van der Waals surface area contributed by atoms with Crippen molar-refractivity contribution < 1.29 is 32.5 Å². The zero-order valence-corrected chi connectivity index (χ0v) is 19.3. The van der Waals surface area contributed by atoms with Crippen molar-refractivity contribution in [3.63, 3.8) is 0 Å². The van der Waals surface area contributed by atoms with Crippen molar-refractivity contribution in [2.45, 2.75) is 36.0 Å². The van der Waals surface area contributed by atoms with E-state index in [2.05, 4.69) is 10.1 Å². The van der Waals surface area contributed by atoms with Crippen LogP contribution >= 0.6 is 11.8 Å². The Morgan fingerprint density at radius 3 is 2.78 bits per heavy atom. The normalized spacial score (nSPS) is 18.9. The van der Waals surface area contributed by atoms with Crippen LogP contribution in [-0.2, 0) is 15.7 Å². The predicted octanol–water partition coefficient (Wildman–Crippen LogP) is 3.66. The van der Waals surface area contributed by atoms with Gasteiger partial charge in [-0.2, -0.15) is 18.2 Å². The first-order chi connectivity index (χ1) is 17.3. The van der Waals surface area contributed by atoms with Crippen molar-refractivity contribution in [1.29, 1.82) is 0 Å². The highest BCUT2D eigenvalue weighted by molar-refractivity contribution is 7.99. The van der Waals surface area contributed by atoms with E-state index in [0.717, 1.165) is 30.5 Å². The number of alkyl halides is 3. The molecule has 3 aliphatic rings. The summed E-state index contributed by atoms with van der Waals surface area (Å²) in [7, 11) is 0. The van der Waals surface area contributed by atoms with Crippen molar-refractivity contribution in [3.05, 3.63) is 70.3 Å². The molecule has 4 heterocycles. The molecule has 6 rings (SSSR count). The first-order valence-corrected chi connectivity index (χ1v) is 12.1. The molecular formula is C24H18F3N4O4S+. The highest BCUT2D eigenvalue weighted by Gasteiger charge is 2.40. The number of aromatic nitrogens is 2. The minimum absolute atomic E-state index is 0.175. The fourth-order valence-corrected chi connectivity index (χ4v) is 5.73. The number of pyridine rings is 1. The van der Waals surface area contributed by atoms with E-state index in [1.165, 1.54) is 40.7 Å². The number of aliphatic imine (C=N–C) groups is 1. The average molecular weight is 515 g/mol. The van der Waals surface area contributed by atoms with E-state index in [-0.39, 0.29) is 29.0 Å². The molecule has 1 aliphatic carbocycles. The maximum Gasteiger partial charge on any atom is 0.416 e. The van der Waals surface area contributed by atoms with E-state index in [1.54, 1.807) is 17.6 Å². The molecule has 3 aromatic rings. The maximum absolute atomic E-state index is 13.2. The molecule has 0 radical (unpaired) electrons. The number of thioether (sulfide) groups is 1. The van der Waals surface area contributed by atoms with Crippen LogP contribution in [0.15, 0.2) is 68.1 Å². The molecule has 2 aromatic heterocycles. The number of amidine groups is 1. The third-order valence-electron chi connectivity index (χ3n) is 6.18. The quantitative estimate of drug-likeness (QED) is 0.532. The highest BCUT2D eigenvalue weighted by Crippen LogP contribution is 2.50. The Morgan fingerprint density at radius 1 is 1.22 bits per heavy atom. The van der Waals surface area contributed by atoms with Gasteiger partial charge < -0.3 is 9.26 Å². The minimum atomic E-state index is -4.48. The lowest BCUT2D eigenvalue weighted by Crippen LogP contribution is -2.81. The van der Waals surface area contributed by atoms with Crippen LogP contribution in [0, 0.1) is 0 Å². The summed E-state index contributed by atoms with van der Waals surface area (Å²) in [5.74, 6) is 0.243. The number of halogens is 3. The molecule has 8 nitrogen and oxygen atoms in total. The number of hydrogen-bond acceptors (Lipinski definition) is 7. The summed E-state index contributed by atoms with van der Waals surface area (Å²) >= 11 is 1.40. The van der Waals surface area contributed by atoms with Gasteiger partial charge in [-0.3, -0.25) is 9.36 Å². The Kier molecular flexibility index (Phi) is 5.38. The van der Waals surface area contributed by atoms with Crippen LogP contribution in [0.1, 0.15) is 35.9 Å². The van der Waals surface area contributed by atoms with Gasteiger partial charge >= 0.3 is 18.2 Å². The molecule has 0 spiro atoms. The molecule has 2 N–H and O–H groups in total. The first kappa shape index (κ1) is 22.8. The van der Waals surface area contributed by atoms with Crippen LogP contribution in [-0.4, -0.2) is 27.5 Å². The van der Waals surface area contributed by atoms with Crippen LogP contribution in [0.2, 0.25) is 0 Å². The molecule has 1 fully saturated rings. The Morgan fingerprint density at radius 2 is 2.06 bits per heavy atom. The van der Waals surface area contributed by atoms with Crippen LogP contribution in [0.4, 0.5) is 13.2 Å². The fraction of sp³-hybridized carbons (Fsp3) is 0.250. The fourth-order valence-electron chi connectivity index (χ4n) is 4.34. The summed E-state index contributed by atoms with van der Waals surface area (Å²) < 4.78 is 51.8. The van der Waals surface area contributed by atoms with Crippen LogP contribution in [0.5, 0.6) is 0 Å². The number of carbonyl (C=O) groups is 1. The summed E-state index contributed by atoms with van der Waals surface area (Å²) in [6.45, 7) is 0. The highest BCUT2D eigenvalue weighted by atomic mass is 32.2. The number of nitrogens with zero attached hydrogens (tertiary/aromatic N) is 3. The van der Waals surface area contributed by atoms with E-state index >= 15 is 0 Å². The smallest absolute Gasteiger partial charge is 0.361 e. The Labute approximate surface area is 205 Å². The van der Waals surface area contributed by atoms with E-state index in [0.29, 0.717) is 16.3 Å². The molecule has 184 valence electrons. The van der Waals surface area contributed by atoms with Gasteiger partial charge in [0.2, 0.25) is 0 Å². The molecule has 0 saturated heterocycles. The third-order valence-corrected chi connectivity index (χ3v) is 7.36. The number of hydrogen-bond donors (Lipinski definition) is 1. The molecule has 36 heavy (non-hydrogen) atoms. The largest absolute Gasteiger partial charge is 0.416 e. The Bertz CT molecular complexity index is 1500. The maximum atomic E-state index is 13.2. The number of nitrogens with two attached hydrogens (primary N) is 1. The molecule has 12 heteroatoms. The molecule has 0 bridgehead atoms. The molecule has 1 unspecified atom stereocenters. The Hall–Kier alpha value is -3.64. The van der Waals surface area contributed by atoms with Gasteiger partial charge in [0.05, 0.1) is 16.8 Å². The minimum Gasteiger partial charge on any atom is -0.361 e. The van der Waals surface area contributed by atoms with E-state index in [9.17, 15) is 22.8 Å². The van der Waals surface area contributed by atoms with Gasteiger partial charge in [-0.15, -0.1) is 11.8 Å². The van der Waals surface area contributed by atoms with Gasteiger partial charge in [0.25, 0.3) is 5.56 Å². The molecule has 1 aromatic carbocycles. The second-order valence-electron chi connectivity index (χ2n) is 8.64. The van der Waals surface area contributed by atoms with Crippen molar-refractivity contribution in [2.75, 3.05) is 5.75 Å². The first-order valence-electron chi connectivity index (χ1n) is 11.2. The zero-order valence-electron chi connectivity index (χ0n) is 18.5. The van der Waals surface area contributed by atoms with E-state index < -0.39 is 29.3 Å². The number of benzene rings is 1. The zero-order chi connectivity index (χ0) is 25.0. The summed E-state index contributed by atoms with van der Waals surface area (Å²) in [5, 5.41) is 6.22. The number of esters is 1.